The third kappa shape index (κ3) is 5.57. The van der Waals surface area contributed by atoms with Gasteiger partial charge in [-0.2, -0.15) is 13.2 Å². The third-order valence-electron chi connectivity index (χ3n) is 5.41. The van der Waals surface area contributed by atoms with Crippen molar-refractivity contribution in [2.45, 2.75) is 17.6 Å². The number of fused-ring (bicyclic) bond motifs is 1. The van der Waals surface area contributed by atoms with Crippen molar-refractivity contribution >= 4 is 21.8 Å². The predicted octanol–water partition coefficient (Wildman–Crippen LogP) is 3.26. The number of nitrogens with zero attached hydrogens (tertiary/aromatic N) is 2. The van der Waals surface area contributed by atoms with Gasteiger partial charge in [0.15, 0.2) is 0 Å². The highest BCUT2D eigenvalue weighted by molar-refractivity contribution is 7.89. The monoisotopic (exact) mass is 535 g/mol. The first-order valence-corrected chi connectivity index (χ1v) is 12.3. The maximum Gasteiger partial charge on any atom is 0.416 e. The fourth-order valence-electron chi connectivity index (χ4n) is 3.65. The van der Waals surface area contributed by atoms with Crippen LogP contribution in [0.2, 0.25) is 0 Å². The lowest BCUT2D eigenvalue weighted by molar-refractivity contribution is -0.137. The Bertz CT molecular complexity index is 1430. The van der Waals surface area contributed by atoms with Crippen LogP contribution >= 0.6 is 0 Å². The average molecular weight is 536 g/mol. The molecule has 0 spiro atoms. The number of amides is 2. The van der Waals surface area contributed by atoms with E-state index in [1.165, 1.54) is 55.8 Å². The molecule has 0 radical (unpaired) electrons. The summed E-state index contributed by atoms with van der Waals surface area (Å²) in [6.07, 6.45) is -3.14. The van der Waals surface area contributed by atoms with Gasteiger partial charge in [0.2, 0.25) is 10.0 Å². The zero-order valence-corrected chi connectivity index (χ0v) is 20.1. The van der Waals surface area contributed by atoms with Gasteiger partial charge in [-0.15, -0.1) is 0 Å². The first-order valence-electron chi connectivity index (χ1n) is 10.8. The minimum atomic E-state index is -4.54. The lowest BCUT2D eigenvalue weighted by Gasteiger charge is -2.16. The maximum absolute atomic E-state index is 13.0. The quantitative estimate of drug-likeness (QED) is 0.330. The Morgan fingerprint density at radius 3 is 2.51 bits per heavy atom. The third-order valence-corrected chi connectivity index (χ3v) is 6.90. The molecule has 0 atom stereocenters. The number of hydrogen-bond donors (Lipinski definition) is 1. The SMILES string of the molecule is COc1ccc(CN2C(=O)c3cccnc3C2=O)cc1S(=O)(=O)NCCOc1cccc(C(F)(F)F)c1. The summed E-state index contributed by atoms with van der Waals surface area (Å²) in [4.78, 5) is 29.9. The lowest BCUT2D eigenvalue weighted by Crippen LogP contribution is -2.30. The van der Waals surface area contributed by atoms with Gasteiger partial charge in [-0.05, 0) is 48.0 Å². The summed E-state index contributed by atoms with van der Waals surface area (Å²) in [5.41, 5.74) is -0.357. The number of hydrogen-bond acceptors (Lipinski definition) is 7. The number of nitrogens with one attached hydrogen (secondary N) is 1. The molecule has 37 heavy (non-hydrogen) atoms. The van der Waals surface area contributed by atoms with E-state index >= 15 is 0 Å². The summed E-state index contributed by atoms with van der Waals surface area (Å²) in [7, 11) is -2.88. The standard InChI is InChI=1S/C24H20F3N3O6S/c1-35-19-8-7-15(14-30-22(31)18-6-3-9-28-21(18)23(30)32)12-20(19)37(33,34)29-10-11-36-17-5-2-4-16(13-17)24(25,26)27/h2-9,12-13,29H,10-11,14H2,1H3. The van der Waals surface area contributed by atoms with Crippen LogP contribution in [0.4, 0.5) is 13.2 Å². The van der Waals surface area contributed by atoms with Crippen LogP contribution < -0.4 is 14.2 Å². The Morgan fingerprint density at radius 1 is 1.03 bits per heavy atom. The number of alkyl halides is 3. The predicted molar refractivity (Wildman–Crippen MR) is 124 cm³/mol. The molecule has 1 aromatic heterocycles. The number of pyridine rings is 1. The molecule has 2 amide bonds. The minimum Gasteiger partial charge on any atom is -0.495 e. The van der Waals surface area contributed by atoms with Gasteiger partial charge >= 0.3 is 6.18 Å². The van der Waals surface area contributed by atoms with E-state index in [0.717, 1.165) is 17.0 Å². The normalized spacial score (nSPS) is 13.6. The highest BCUT2D eigenvalue weighted by atomic mass is 32.2. The van der Waals surface area contributed by atoms with Crippen molar-refractivity contribution in [3.05, 3.63) is 83.2 Å². The highest BCUT2D eigenvalue weighted by Gasteiger charge is 2.37. The van der Waals surface area contributed by atoms with Crippen LogP contribution in [0.15, 0.2) is 65.7 Å². The molecule has 194 valence electrons. The Kier molecular flexibility index (Phi) is 7.18. The molecule has 0 fully saturated rings. The number of carbonyl (C=O) groups is 2. The van der Waals surface area contributed by atoms with Crippen LogP contribution in [0.5, 0.6) is 11.5 Å². The van der Waals surface area contributed by atoms with Gasteiger partial charge in [0.05, 0.1) is 24.8 Å². The molecule has 0 saturated heterocycles. The highest BCUT2D eigenvalue weighted by Crippen LogP contribution is 2.31. The van der Waals surface area contributed by atoms with E-state index in [4.69, 9.17) is 9.47 Å². The van der Waals surface area contributed by atoms with Gasteiger partial charge in [-0.3, -0.25) is 19.5 Å². The van der Waals surface area contributed by atoms with Crippen molar-refractivity contribution in [3.8, 4) is 11.5 Å². The Hall–Kier alpha value is -3.97. The van der Waals surface area contributed by atoms with E-state index in [9.17, 15) is 31.2 Å². The Balaban J connectivity index is 1.45. The maximum atomic E-state index is 13.0. The molecule has 0 saturated carbocycles. The molecule has 13 heteroatoms. The Morgan fingerprint density at radius 2 is 1.81 bits per heavy atom. The number of benzene rings is 2. The summed E-state index contributed by atoms with van der Waals surface area (Å²) in [5, 5.41) is 0. The van der Waals surface area contributed by atoms with E-state index < -0.39 is 33.6 Å². The molecular formula is C24H20F3N3O6S. The molecule has 9 nitrogen and oxygen atoms in total. The summed E-state index contributed by atoms with van der Waals surface area (Å²) in [6.45, 7) is -0.695. The van der Waals surface area contributed by atoms with E-state index in [2.05, 4.69) is 9.71 Å². The van der Waals surface area contributed by atoms with Gasteiger partial charge in [-0.1, -0.05) is 12.1 Å². The largest absolute Gasteiger partial charge is 0.495 e. The summed E-state index contributed by atoms with van der Waals surface area (Å²) < 4.78 is 77.1. The van der Waals surface area contributed by atoms with Gasteiger partial charge < -0.3 is 9.47 Å². The summed E-state index contributed by atoms with van der Waals surface area (Å²) in [5.74, 6) is -1.19. The van der Waals surface area contributed by atoms with Crippen LogP contribution in [-0.4, -0.2) is 50.4 Å². The second-order valence-electron chi connectivity index (χ2n) is 7.85. The molecular weight excluding hydrogens is 515 g/mol. The number of rotatable bonds is 9. The fourth-order valence-corrected chi connectivity index (χ4v) is 4.88. The summed E-state index contributed by atoms with van der Waals surface area (Å²) >= 11 is 0. The number of methoxy groups -OCH3 is 1. The second-order valence-corrected chi connectivity index (χ2v) is 9.59. The van der Waals surface area contributed by atoms with Gasteiger partial charge in [-0.25, -0.2) is 13.1 Å². The smallest absolute Gasteiger partial charge is 0.416 e. The fraction of sp³-hybridized carbons (Fsp3) is 0.208. The first kappa shape index (κ1) is 26.1. The van der Waals surface area contributed by atoms with Crippen molar-refractivity contribution in [2.24, 2.45) is 0 Å². The number of carbonyl (C=O) groups excluding carboxylic acids is 2. The number of imide groups is 1. The molecule has 0 bridgehead atoms. The molecule has 1 N–H and O–H groups in total. The van der Waals surface area contributed by atoms with Crippen molar-refractivity contribution in [1.82, 2.24) is 14.6 Å². The first-order chi connectivity index (χ1) is 17.5. The zero-order valence-electron chi connectivity index (χ0n) is 19.3. The molecule has 1 aliphatic rings. The van der Waals surface area contributed by atoms with Crippen LogP contribution in [0, 0.1) is 0 Å². The number of sulfonamides is 1. The molecule has 4 rings (SSSR count). The van der Waals surface area contributed by atoms with Crippen LogP contribution in [0.25, 0.3) is 0 Å². The minimum absolute atomic E-state index is 0.0130. The topological polar surface area (TPSA) is 115 Å². The number of ether oxygens (including phenoxy) is 2. The zero-order chi connectivity index (χ0) is 26.8. The summed E-state index contributed by atoms with van der Waals surface area (Å²) in [6, 6.07) is 11.4. The van der Waals surface area contributed by atoms with Crippen LogP contribution in [-0.2, 0) is 22.7 Å². The average Bonchev–Trinajstić information content (AvgIpc) is 3.11. The van der Waals surface area contributed by atoms with Crippen molar-refractivity contribution in [2.75, 3.05) is 20.3 Å². The van der Waals surface area contributed by atoms with E-state index in [0.29, 0.717) is 5.56 Å². The van der Waals surface area contributed by atoms with Crippen molar-refractivity contribution in [1.29, 1.82) is 0 Å². The molecule has 2 aromatic carbocycles. The molecule has 1 aliphatic heterocycles. The van der Waals surface area contributed by atoms with E-state index in [1.54, 1.807) is 0 Å². The number of halogens is 3. The second kappa shape index (κ2) is 10.2. The van der Waals surface area contributed by atoms with Crippen LogP contribution in [0.3, 0.4) is 0 Å². The van der Waals surface area contributed by atoms with Gasteiger partial charge in [0, 0.05) is 12.7 Å². The molecule has 2 heterocycles. The Labute approximate surface area is 209 Å². The molecule has 0 aliphatic carbocycles. The van der Waals surface area contributed by atoms with Crippen LogP contribution in [0.1, 0.15) is 32.0 Å². The lowest BCUT2D eigenvalue weighted by atomic mass is 10.2. The molecule has 3 aromatic rings. The molecule has 0 unspecified atom stereocenters. The van der Waals surface area contributed by atoms with E-state index in [-0.39, 0.29) is 47.3 Å². The van der Waals surface area contributed by atoms with E-state index in [1.807, 2.05) is 0 Å². The van der Waals surface area contributed by atoms with Crippen molar-refractivity contribution in [3.63, 3.8) is 0 Å². The van der Waals surface area contributed by atoms with Gasteiger partial charge in [0.25, 0.3) is 11.8 Å². The van der Waals surface area contributed by atoms with Crippen molar-refractivity contribution < 1.29 is 40.7 Å². The van der Waals surface area contributed by atoms with Gasteiger partial charge in [0.1, 0.15) is 28.7 Å². The number of aromatic nitrogens is 1.